The van der Waals surface area contributed by atoms with Crippen LogP contribution < -0.4 is 10.5 Å². The van der Waals surface area contributed by atoms with Crippen molar-refractivity contribution in [3.05, 3.63) is 5.69 Å². The van der Waals surface area contributed by atoms with Crippen LogP contribution in [-0.4, -0.2) is 43.3 Å². The SMILES string of the molecule is CCn1nc(C)c(N)c1OCCCOCCOC. The van der Waals surface area contributed by atoms with Gasteiger partial charge in [0.2, 0.25) is 5.88 Å². The van der Waals surface area contributed by atoms with Gasteiger partial charge in [0.1, 0.15) is 5.69 Å². The lowest BCUT2D eigenvalue weighted by Crippen LogP contribution is -2.09. The maximum absolute atomic E-state index is 5.90. The number of ether oxygens (including phenoxy) is 3. The highest BCUT2D eigenvalue weighted by Gasteiger charge is 2.12. The summed E-state index contributed by atoms with van der Waals surface area (Å²) in [5.74, 6) is 0.659. The Labute approximate surface area is 108 Å². The van der Waals surface area contributed by atoms with E-state index in [1.165, 1.54) is 0 Å². The molecule has 2 N–H and O–H groups in total. The van der Waals surface area contributed by atoms with Gasteiger partial charge in [0.25, 0.3) is 0 Å². The van der Waals surface area contributed by atoms with Crippen molar-refractivity contribution >= 4 is 5.69 Å². The third-order valence-corrected chi connectivity index (χ3v) is 2.53. The van der Waals surface area contributed by atoms with Gasteiger partial charge in [-0.05, 0) is 13.8 Å². The smallest absolute Gasteiger partial charge is 0.236 e. The molecular formula is C12H23N3O3. The van der Waals surface area contributed by atoms with Crippen molar-refractivity contribution in [3.63, 3.8) is 0 Å². The highest BCUT2D eigenvalue weighted by Crippen LogP contribution is 2.24. The van der Waals surface area contributed by atoms with E-state index in [0.29, 0.717) is 38.0 Å². The Hall–Kier alpha value is -1.27. The lowest BCUT2D eigenvalue weighted by Gasteiger charge is -2.08. The Balaban J connectivity index is 2.26. The number of nitrogens with zero attached hydrogens (tertiary/aromatic N) is 2. The van der Waals surface area contributed by atoms with Gasteiger partial charge in [-0.1, -0.05) is 0 Å². The fraction of sp³-hybridized carbons (Fsp3) is 0.750. The van der Waals surface area contributed by atoms with Crippen molar-refractivity contribution in [3.8, 4) is 5.88 Å². The van der Waals surface area contributed by atoms with Gasteiger partial charge in [-0.3, -0.25) is 0 Å². The number of methoxy groups -OCH3 is 1. The third kappa shape index (κ3) is 4.19. The molecule has 6 nitrogen and oxygen atoms in total. The Morgan fingerprint density at radius 2 is 2.00 bits per heavy atom. The second kappa shape index (κ2) is 7.94. The first-order valence-electron chi connectivity index (χ1n) is 6.23. The molecule has 0 unspecified atom stereocenters. The summed E-state index contributed by atoms with van der Waals surface area (Å²) >= 11 is 0. The molecule has 0 spiro atoms. The molecule has 0 aromatic carbocycles. The number of aryl methyl sites for hydroxylation is 2. The van der Waals surface area contributed by atoms with Crippen LogP contribution in [-0.2, 0) is 16.0 Å². The molecule has 0 atom stereocenters. The third-order valence-electron chi connectivity index (χ3n) is 2.53. The number of rotatable bonds is 9. The van der Waals surface area contributed by atoms with Crippen LogP contribution in [0.2, 0.25) is 0 Å². The Kier molecular flexibility index (Phi) is 6.53. The van der Waals surface area contributed by atoms with Crippen molar-refractivity contribution in [2.75, 3.05) is 39.3 Å². The summed E-state index contributed by atoms with van der Waals surface area (Å²) in [7, 11) is 1.66. The molecule has 1 heterocycles. The Morgan fingerprint density at radius 3 is 2.67 bits per heavy atom. The number of hydrogen-bond donors (Lipinski definition) is 1. The number of aromatic nitrogens is 2. The molecule has 1 rings (SSSR count). The molecule has 0 saturated heterocycles. The Bertz CT molecular complexity index is 353. The fourth-order valence-electron chi connectivity index (χ4n) is 1.51. The zero-order chi connectivity index (χ0) is 13.4. The van der Waals surface area contributed by atoms with Gasteiger partial charge in [-0.25, -0.2) is 4.68 Å². The molecular weight excluding hydrogens is 234 g/mol. The minimum atomic E-state index is 0.572. The molecule has 1 aromatic rings. The van der Waals surface area contributed by atoms with Crippen molar-refractivity contribution in [1.82, 2.24) is 9.78 Å². The monoisotopic (exact) mass is 257 g/mol. The van der Waals surface area contributed by atoms with Crippen LogP contribution in [0.25, 0.3) is 0 Å². The van der Waals surface area contributed by atoms with Crippen LogP contribution in [0.5, 0.6) is 5.88 Å². The van der Waals surface area contributed by atoms with Crippen molar-refractivity contribution < 1.29 is 14.2 Å². The molecule has 0 bridgehead atoms. The lowest BCUT2D eigenvalue weighted by molar-refractivity contribution is 0.0639. The zero-order valence-corrected chi connectivity index (χ0v) is 11.4. The summed E-state index contributed by atoms with van der Waals surface area (Å²) in [6.45, 7) is 7.09. The molecule has 6 heteroatoms. The van der Waals surface area contributed by atoms with E-state index >= 15 is 0 Å². The molecule has 0 saturated carbocycles. The number of anilines is 1. The van der Waals surface area contributed by atoms with E-state index in [2.05, 4.69) is 5.10 Å². The van der Waals surface area contributed by atoms with E-state index in [4.69, 9.17) is 19.9 Å². The lowest BCUT2D eigenvalue weighted by atomic mass is 10.4. The van der Waals surface area contributed by atoms with Gasteiger partial charge in [0, 0.05) is 26.7 Å². The molecule has 0 fully saturated rings. The predicted molar refractivity (Wildman–Crippen MR) is 69.9 cm³/mol. The summed E-state index contributed by atoms with van der Waals surface area (Å²) in [4.78, 5) is 0. The topological polar surface area (TPSA) is 71.5 Å². The van der Waals surface area contributed by atoms with Gasteiger partial charge < -0.3 is 19.9 Å². The minimum Gasteiger partial charge on any atom is -0.476 e. The van der Waals surface area contributed by atoms with E-state index in [9.17, 15) is 0 Å². The first-order chi connectivity index (χ1) is 8.70. The Morgan fingerprint density at radius 1 is 1.22 bits per heavy atom. The van der Waals surface area contributed by atoms with E-state index in [1.54, 1.807) is 11.8 Å². The van der Waals surface area contributed by atoms with E-state index in [-0.39, 0.29) is 0 Å². The largest absolute Gasteiger partial charge is 0.476 e. The molecule has 0 aliphatic heterocycles. The van der Waals surface area contributed by atoms with Gasteiger partial charge in [-0.2, -0.15) is 5.10 Å². The first-order valence-corrected chi connectivity index (χ1v) is 6.23. The highest BCUT2D eigenvalue weighted by atomic mass is 16.5. The molecule has 0 radical (unpaired) electrons. The van der Waals surface area contributed by atoms with Crippen LogP contribution in [0.4, 0.5) is 5.69 Å². The molecule has 0 aliphatic carbocycles. The van der Waals surface area contributed by atoms with Crippen LogP contribution >= 0.6 is 0 Å². The zero-order valence-electron chi connectivity index (χ0n) is 11.4. The predicted octanol–water partition coefficient (Wildman–Crippen LogP) is 1.23. The standard InChI is InChI=1S/C12H23N3O3/c1-4-15-12(11(13)10(2)14-15)18-7-5-6-17-9-8-16-3/h4-9,13H2,1-3H3. The van der Waals surface area contributed by atoms with Gasteiger partial charge in [0.15, 0.2) is 0 Å². The fourth-order valence-corrected chi connectivity index (χ4v) is 1.51. The summed E-state index contributed by atoms with van der Waals surface area (Å²) < 4.78 is 17.7. The summed E-state index contributed by atoms with van der Waals surface area (Å²) in [6.07, 6.45) is 0.817. The van der Waals surface area contributed by atoms with Gasteiger partial charge in [0.05, 0.1) is 25.5 Å². The normalized spacial score (nSPS) is 10.8. The average molecular weight is 257 g/mol. The van der Waals surface area contributed by atoms with Gasteiger partial charge in [-0.15, -0.1) is 0 Å². The molecule has 1 aromatic heterocycles. The molecule has 0 aliphatic rings. The summed E-state index contributed by atoms with van der Waals surface area (Å²) in [5.41, 5.74) is 7.33. The summed E-state index contributed by atoms with van der Waals surface area (Å²) in [6, 6.07) is 0. The van der Waals surface area contributed by atoms with E-state index in [0.717, 1.165) is 18.7 Å². The number of nitrogen functional groups attached to an aromatic ring is 1. The average Bonchev–Trinajstić information content (AvgIpc) is 2.65. The van der Waals surface area contributed by atoms with Crippen LogP contribution in [0.1, 0.15) is 19.0 Å². The van der Waals surface area contributed by atoms with Crippen molar-refractivity contribution in [2.45, 2.75) is 26.8 Å². The maximum atomic E-state index is 5.90. The van der Waals surface area contributed by atoms with Gasteiger partial charge >= 0.3 is 0 Å². The van der Waals surface area contributed by atoms with Crippen molar-refractivity contribution in [1.29, 1.82) is 0 Å². The number of nitrogens with two attached hydrogens (primary N) is 1. The molecule has 104 valence electrons. The molecule has 18 heavy (non-hydrogen) atoms. The maximum Gasteiger partial charge on any atom is 0.236 e. The van der Waals surface area contributed by atoms with Crippen molar-refractivity contribution in [2.24, 2.45) is 0 Å². The first kappa shape index (κ1) is 14.8. The van der Waals surface area contributed by atoms with Crippen LogP contribution in [0.3, 0.4) is 0 Å². The highest BCUT2D eigenvalue weighted by molar-refractivity contribution is 5.52. The second-order valence-electron chi connectivity index (χ2n) is 3.93. The minimum absolute atomic E-state index is 0.572. The summed E-state index contributed by atoms with van der Waals surface area (Å²) in [5, 5.41) is 4.29. The van der Waals surface area contributed by atoms with Crippen LogP contribution in [0.15, 0.2) is 0 Å². The number of hydrogen-bond acceptors (Lipinski definition) is 5. The van der Waals surface area contributed by atoms with E-state index < -0.39 is 0 Å². The van der Waals surface area contributed by atoms with E-state index in [1.807, 2.05) is 13.8 Å². The van der Waals surface area contributed by atoms with Crippen LogP contribution in [0, 0.1) is 6.92 Å². The second-order valence-corrected chi connectivity index (χ2v) is 3.93. The quantitative estimate of drug-likeness (QED) is 0.674. The molecule has 0 amide bonds.